The number of aromatic nitrogens is 3. The van der Waals surface area contributed by atoms with Crippen LogP contribution in [0.4, 0.5) is 0 Å². The van der Waals surface area contributed by atoms with E-state index >= 15 is 0 Å². The Bertz CT molecular complexity index is 514. The Balaban J connectivity index is 2.42. The van der Waals surface area contributed by atoms with Crippen molar-refractivity contribution >= 4 is 0 Å². The van der Waals surface area contributed by atoms with Gasteiger partial charge in [-0.25, -0.2) is 4.98 Å². The summed E-state index contributed by atoms with van der Waals surface area (Å²) in [6, 6.07) is 5.30. The second kappa shape index (κ2) is 5.05. The van der Waals surface area contributed by atoms with Gasteiger partial charge in [0.1, 0.15) is 17.3 Å². The fraction of sp³-hybridized carbons (Fsp3) is 0.333. The Morgan fingerprint density at radius 3 is 2.22 bits per heavy atom. The minimum atomic E-state index is -0.182. The van der Waals surface area contributed by atoms with Crippen molar-refractivity contribution in [3.63, 3.8) is 0 Å². The van der Waals surface area contributed by atoms with Crippen molar-refractivity contribution in [3.05, 3.63) is 24.0 Å². The summed E-state index contributed by atoms with van der Waals surface area (Å²) in [5, 5.41) is 6.94. The fourth-order valence-corrected chi connectivity index (χ4v) is 1.54. The molecular formula is C12H16N4O2. The number of aromatic amines is 1. The van der Waals surface area contributed by atoms with Crippen LogP contribution in [0, 0.1) is 0 Å². The molecule has 0 aliphatic carbocycles. The van der Waals surface area contributed by atoms with Crippen molar-refractivity contribution < 1.29 is 9.47 Å². The number of hydrogen-bond acceptors (Lipinski definition) is 5. The quantitative estimate of drug-likeness (QED) is 0.856. The third-order valence-corrected chi connectivity index (χ3v) is 2.54. The second-order valence-electron chi connectivity index (χ2n) is 3.93. The van der Waals surface area contributed by atoms with Crippen LogP contribution in [0.5, 0.6) is 11.5 Å². The lowest BCUT2D eigenvalue weighted by Gasteiger charge is -2.06. The molecule has 1 atom stereocenters. The van der Waals surface area contributed by atoms with Gasteiger partial charge in [0.05, 0.1) is 20.3 Å². The van der Waals surface area contributed by atoms with Gasteiger partial charge in [-0.3, -0.25) is 5.10 Å². The maximum absolute atomic E-state index is 5.73. The number of H-pyrrole nitrogens is 1. The number of nitrogens with one attached hydrogen (secondary N) is 1. The van der Waals surface area contributed by atoms with E-state index in [9.17, 15) is 0 Å². The minimum Gasteiger partial charge on any atom is -0.497 e. The van der Waals surface area contributed by atoms with Crippen LogP contribution >= 0.6 is 0 Å². The van der Waals surface area contributed by atoms with Crippen LogP contribution in [-0.4, -0.2) is 29.4 Å². The average Bonchev–Trinajstić information content (AvgIpc) is 2.87. The number of nitrogens with two attached hydrogens (primary N) is 1. The smallest absolute Gasteiger partial charge is 0.181 e. The zero-order chi connectivity index (χ0) is 13.1. The van der Waals surface area contributed by atoms with Gasteiger partial charge < -0.3 is 15.2 Å². The Kier molecular flexibility index (Phi) is 3.47. The average molecular weight is 248 g/mol. The Hall–Kier alpha value is -2.08. The van der Waals surface area contributed by atoms with Crippen LogP contribution in [0.3, 0.4) is 0 Å². The molecule has 1 heterocycles. The highest BCUT2D eigenvalue weighted by Gasteiger charge is 2.11. The first kappa shape index (κ1) is 12.4. The summed E-state index contributed by atoms with van der Waals surface area (Å²) < 4.78 is 10.4. The molecule has 0 amide bonds. The molecule has 0 fully saturated rings. The molecule has 0 spiro atoms. The van der Waals surface area contributed by atoms with Crippen LogP contribution in [0.2, 0.25) is 0 Å². The number of ether oxygens (including phenoxy) is 2. The molecule has 18 heavy (non-hydrogen) atoms. The van der Waals surface area contributed by atoms with E-state index in [-0.39, 0.29) is 6.04 Å². The Morgan fingerprint density at radius 1 is 1.17 bits per heavy atom. The fourth-order valence-electron chi connectivity index (χ4n) is 1.54. The largest absolute Gasteiger partial charge is 0.497 e. The van der Waals surface area contributed by atoms with E-state index in [2.05, 4.69) is 15.2 Å². The van der Waals surface area contributed by atoms with Gasteiger partial charge in [-0.2, -0.15) is 5.10 Å². The van der Waals surface area contributed by atoms with Crippen molar-refractivity contribution in [1.29, 1.82) is 0 Å². The normalized spacial score (nSPS) is 12.2. The van der Waals surface area contributed by atoms with Crippen LogP contribution < -0.4 is 15.2 Å². The third kappa shape index (κ3) is 2.43. The van der Waals surface area contributed by atoms with Gasteiger partial charge in [-0.05, 0) is 19.1 Å². The predicted molar refractivity (Wildman–Crippen MR) is 67.5 cm³/mol. The van der Waals surface area contributed by atoms with Crippen LogP contribution in [0.15, 0.2) is 18.2 Å². The summed E-state index contributed by atoms with van der Waals surface area (Å²) in [4.78, 5) is 4.33. The van der Waals surface area contributed by atoms with Gasteiger partial charge in [-0.15, -0.1) is 0 Å². The number of hydrogen-bond donors (Lipinski definition) is 2. The highest BCUT2D eigenvalue weighted by atomic mass is 16.5. The first-order chi connectivity index (χ1) is 8.63. The number of rotatable bonds is 4. The number of nitrogens with zero attached hydrogens (tertiary/aromatic N) is 2. The molecule has 6 heteroatoms. The molecule has 3 N–H and O–H groups in total. The molecule has 1 aromatic carbocycles. The van der Waals surface area contributed by atoms with Crippen molar-refractivity contribution in [2.45, 2.75) is 13.0 Å². The zero-order valence-corrected chi connectivity index (χ0v) is 10.6. The molecule has 0 saturated carbocycles. The summed E-state index contributed by atoms with van der Waals surface area (Å²) in [6.07, 6.45) is 0. The molecule has 2 rings (SSSR count). The molecule has 96 valence electrons. The van der Waals surface area contributed by atoms with Crippen LogP contribution in [0.25, 0.3) is 11.4 Å². The maximum atomic E-state index is 5.73. The maximum Gasteiger partial charge on any atom is 0.181 e. The van der Waals surface area contributed by atoms with E-state index in [0.29, 0.717) is 23.1 Å². The second-order valence-corrected chi connectivity index (χ2v) is 3.93. The monoisotopic (exact) mass is 248 g/mol. The van der Waals surface area contributed by atoms with E-state index in [1.54, 1.807) is 20.3 Å². The van der Waals surface area contributed by atoms with Crippen LogP contribution in [-0.2, 0) is 0 Å². The van der Waals surface area contributed by atoms with Gasteiger partial charge >= 0.3 is 0 Å². The van der Waals surface area contributed by atoms with Crippen molar-refractivity contribution in [2.75, 3.05) is 14.2 Å². The van der Waals surface area contributed by atoms with Crippen molar-refractivity contribution in [1.82, 2.24) is 15.2 Å². The summed E-state index contributed by atoms with van der Waals surface area (Å²) in [5.74, 6) is 2.60. The van der Waals surface area contributed by atoms with Gasteiger partial charge in [0.25, 0.3) is 0 Å². The molecule has 6 nitrogen and oxygen atoms in total. The van der Waals surface area contributed by atoms with Gasteiger partial charge in [0, 0.05) is 11.6 Å². The van der Waals surface area contributed by atoms with Gasteiger partial charge in [-0.1, -0.05) is 0 Å². The molecule has 2 aromatic rings. The molecule has 0 aliphatic heterocycles. The molecular weight excluding hydrogens is 232 g/mol. The summed E-state index contributed by atoms with van der Waals surface area (Å²) in [6.45, 7) is 1.84. The molecule has 1 unspecified atom stereocenters. The first-order valence-electron chi connectivity index (χ1n) is 5.55. The van der Waals surface area contributed by atoms with Crippen LogP contribution in [0.1, 0.15) is 18.8 Å². The first-order valence-corrected chi connectivity index (χ1v) is 5.55. The summed E-state index contributed by atoms with van der Waals surface area (Å²) in [5.41, 5.74) is 6.55. The van der Waals surface area contributed by atoms with Crippen molar-refractivity contribution in [3.8, 4) is 22.9 Å². The SMILES string of the molecule is COc1cc(OC)cc(-c2n[nH]c(C(C)N)n2)c1. The standard InChI is InChI=1S/C12H16N4O2/c1-7(13)11-14-12(16-15-11)8-4-9(17-2)6-10(5-8)18-3/h4-7H,13H2,1-3H3,(H,14,15,16). The van der Waals surface area contributed by atoms with Gasteiger partial charge in [0.15, 0.2) is 5.82 Å². The van der Waals surface area contributed by atoms with E-state index in [1.165, 1.54) is 0 Å². The molecule has 1 aromatic heterocycles. The highest BCUT2D eigenvalue weighted by molar-refractivity contribution is 5.60. The van der Waals surface area contributed by atoms with E-state index in [1.807, 2.05) is 19.1 Å². The summed E-state index contributed by atoms with van der Waals surface area (Å²) >= 11 is 0. The number of methoxy groups -OCH3 is 2. The van der Waals surface area contributed by atoms with Crippen molar-refractivity contribution in [2.24, 2.45) is 5.73 Å². The summed E-state index contributed by atoms with van der Waals surface area (Å²) in [7, 11) is 3.20. The molecule has 0 bridgehead atoms. The minimum absolute atomic E-state index is 0.182. The molecule has 0 aliphatic rings. The molecule has 0 radical (unpaired) electrons. The Labute approximate surface area is 105 Å². The molecule has 0 saturated heterocycles. The van der Waals surface area contributed by atoms with E-state index in [4.69, 9.17) is 15.2 Å². The van der Waals surface area contributed by atoms with E-state index in [0.717, 1.165) is 5.56 Å². The van der Waals surface area contributed by atoms with Gasteiger partial charge in [0.2, 0.25) is 0 Å². The number of benzene rings is 1. The topological polar surface area (TPSA) is 86.0 Å². The third-order valence-electron chi connectivity index (χ3n) is 2.54. The van der Waals surface area contributed by atoms with E-state index < -0.39 is 0 Å². The Morgan fingerprint density at radius 2 is 1.78 bits per heavy atom. The predicted octanol–water partition coefficient (Wildman–Crippen LogP) is 1.51. The lowest BCUT2D eigenvalue weighted by Crippen LogP contribution is -2.06. The highest BCUT2D eigenvalue weighted by Crippen LogP contribution is 2.28. The lowest BCUT2D eigenvalue weighted by atomic mass is 10.2. The lowest BCUT2D eigenvalue weighted by molar-refractivity contribution is 0.394. The zero-order valence-electron chi connectivity index (χ0n) is 10.6.